The number of likely N-dealkylation sites (N-methyl/N-ethyl adjacent to an activating group) is 1. The van der Waals surface area contributed by atoms with Crippen LogP contribution in [-0.4, -0.2) is 54.5 Å². The molecule has 0 aliphatic heterocycles. The van der Waals surface area contributed by atoms with Gasteiger partial charge in [-0.1, -0.05) is 6.07 Å². The van der Waals surface area contributed by atoms with Crippen molar-refractivity contribution in [2.24, 2.45) is 0 Å². The van der Waals surface area contributed by atoms with Crippen molar-refractivity contribution < 1.29 is 9.53 Å². The summed E-state index contributed by atoms with van der Waals surface area (Å²) < 4.78 is 5.16. The van der Waals surface area contributed by atoms with E-state index in [1.807, 2.05) is 35.2 Å². The molecule has 0 N–H and O–H groups in total. The van der Waals surface area contributed by atoms with Crippen LogP contribution in [0.3, 0.4) is 0 Å². The van der Waals surface area contributed by atoms with E-state index in [1.54, 1.807) is 24.6 Å². The van der Waals surface area contributed by atoms with E-state index in [4.69, 9.17) is 4.74 Å². The molecule has 0 saturated carbocycles. The van der Waals surface area contributed by atoms with Gasteiger partial charge in [-0.15, -0.1) is 11.3 Å². The number of hydrogen-bond donors (Lipinski definition) is 0. The molecular formula is C18H25N3O2S. The molecule has 2 heterocycles. The smallest absolute Gasteiger partial charge is 0.237 e. The molecule has 2 aromatic heterocycles. The molecule has 0 saturated heterocycles. The fraction of sp³-hybridized carbons (Fsp3) is 0.444. The van der Waals surface area contributed by atoms with Crippen molar-refractivity contribution in [3.05, 3.63) is 52.0 Å². The van der Waals surface area contributed by atoms with Crippen LogP contribution >= 0.6 is 11.3 Å². The maximum atomic E-state index is 12.7. The Bertz CT molecular complexity index is 630. The number of carbonyl (C=O) groups excluding carboxylic acids is 1. The Kier molecular flexibility index (Phi) is 7.36. The molecule has 0 aromatic carbocycles. The van der Waals surface area contributed by atoms with E-state index in [0.29, 0.717) is 32.8 Å². The third kappa shape index (κ3) is 5.70. The summed E-state index contributed by atoms with van der Waals surface area (Å²) in [6.45, 7) is 4.96. The molecule has 6 heteroatoms. The second-order valence-electron chi connectivity index (χ2n) is 5.87. The Hall–Kier alpha value is -1.76. The van der Waals surface area contributed by atoms with Crippen molar-refractivity contribution in [1.29, 1.82) is 0 Å². The van der Waals surface area contributed by atoms with E-state index in [9.17, 15) is 4.79 Å². The fourth-order valence-corrected chi connectivity index (χ4v) is 3.34. The summed E-state index contributed by atoms with van der Waals surface area (Å²) in [5.41, 5.74) is 2.34. The van der Waals surface area contributed by atoms with Crippen LogP contribution in [0.5, 0.6) is 0 Å². The highest BCUT2D eigenvalue weighted by molar-refractivity contribution is 7.10. The summed E-state index contributed by atoms with van der Waals surface area (Å²) in [6.07, 6.45) is 3.59. The zero-order chi connectivity index (χ0) is 17.4. The van der Waals surface area contributed by atoms with E-state index < -0.39 is 0 Å². The molecule has 5 nitrogen and oxygen atoms in total. The lowest BCUT2D eigenvalue weighted by atomic mass is 10.2. The Balaban J connectivity index is 1.94. The molecule has 2 aromatic rings. The quantitative estimate of drug-likeness (QED) is 0.699. The number of hydrogen-bond acceptors (Lipinski definition) is 5. The van der Waals surface area contributed by atoms with Gasteiger partial charge in [-0.25, -0.2) is 0 Å². The van der Waals surface area contributed by atoms with Crippen molar-refractivity contribution in [2.45, 2.75) is 20.0 Å². The number of aromatic nitrogens is 1. The van der Waals surface area contributed by atoms with Crippen LogP contribution in [0.4, 0.5) is 0 Å². The number of thiophene rings is 1. The number of rotatable bonds is 9. The van der Waals surface area contributed by atoms with E-state index in [-0.39, 0.29) is 5.91 Å². The maximum Gasteiger partial charge on any atom is 0.237 e. The summed E-state index contributed by atoms with van der Waals surface area (Å²) in [5.74, 6) is 0.117. The molecule has 0 unspecified atom stereocenters. The zero-order valence-corrected chi connectivity index (χ0v) is 15.4. The predicted octanol–water partition coefficient (Wildman–Crippen LogP) is 2.56. The van der Waals surface area contributed by atoms with Gasteiger partial charge in [0.25, 0.3) is 0 Å². The van der Waals surface area contributed by atoms with Gasteiger partial charge in [0, 0.05) is 37.5 Å². The largest absolute Gasteiger partial charge is 0.383 e. The number of aryl methyl sites for hydroxylation is 1. The monoisotopic (exact) mass is 347 g/mol. The average Bonchev–Trinajstić information content (AvgIpc) is 2.97. The number of methoxy groups -OCH3 is 1. The SMILES string of the molecule is COCCN(Cc1sccc1C)C(=O)CN(C)Cc1cccnc1. The lowest BCUT2D eigenvalue weighted by Crippen LogP contribution is -2.40. The highest BCUT2D eigenvalue weighted by Gasteiger charge is 2.17. The van der Waals surface area contributed by atoms with Crippen molar-refractivity contribution >= 4 is 17.2 Å². The Morgan fingerprint density at radius 1 is 1.33 bits per heavy atom. The minimum absolute atomic E-state index is 0.117. The number of nitrogens with zero attached hydrogens (tertiary/aromatic N) is 3. The molecular weight excluding hydrogens is 322 g/mol. The fourth-order valence-electron chi connectivity index (χ4n) is 2.42. The van der Waals surface area contributed by atoms with Crippen LogP contribution in [0, 0.1) is 6.92 Å². The number of ether oxygens (including phenoxy) is 1. The highest BCUT2D eigenvalue weighted by atomic mass is 32.1. The van der Waals surface area contributed by atoms with Gasteiger partial charge < -0.3 is 9.64 Å². The number of amides is 1. The molecule has 0 aliphatic rings. The summed E-state index contributed by atoms with van der Waals surface area (Å²) in [4.78, 5) is 21.9. The molecule has 0 bridgehead atoms. The topological polar surface area (TPSA) is 45.7 Å². The second kappa shape index (κ2) is 9.52. The van der Waals surface area contributed by atoms with Crippen molar-refractivity contribution in [1.82, 2.24) is 14.8 Å². The normalized spacial score (nSPS) is 11.0. The first kappa shape index (κ1) is 18.6. The van der Waals surface area contributed by atoms with Gasteiger partial charge in [0.15, 0.2) is 0 Å². The maximum absolute atomic E-state index is 12.7. The third-order valence-corrected chi connectivity index (χ3v) is 4.81. The highest BCUT2D eigenvalue weighted by Crippen LogP contribution is 2.18. The van der Waals surface area contributed by atoms with Gasteiger partial charge in [0.2, 0.25) is 5.91 Å². The molecule has 1 amide bonds. The molecule has 130 valence electrons. The first-order chi connectivity index (χ1) is 11.6. The standard InChI is InChI=1S/C18H25N3O2S/c1-15-6-10-24-17(15)13-21(8-9-23-3)18(22)14-20(2)12-16-5-4-7-19-11-16/h4-7,10-11H,8-9,12-14H2,1-3H3. The van der Waals surface area contributed by atoms with Gasteiger partial charge in [-0.3, -0.25) is 14.7 Å². The van der Waals surface area contributed by atoms with Crippen molar-refractivity contribution in [3.63, 3.8) is 0 Å². The Morgan fingerprint density at radius 3 is 2.79 bits per heavy atom. The second-order valence-corrected chi connectivity index (χ2v) is 6.87. The molecule has 24 heavy (non-hydrogen) atoms. The van der Waals surface area contributed by atoms with Crippen LogP contribution in [0.1, 0.15) is 16.0 Å². The summed E-state index contributed by atoms with van der Waals surface area (Å²) in [6, 6.07) is 6.02. The lowest BCUT2D eigenvalue weighted by Gasteiger charge is -2.25. The van der Waals surface area contributed by atoms with Gasteiger partial charge in [-0.05, 0) is 42.6 Å². The minimum Gasteiger partial charge on any atom is -0.383 e. The molecule has 0 atom stereocenters. The van der Waals surface area contributed by atoms with Crippen LogP contribution in [0.2, 0.25) is 0 Å². The lowest BCUT2D eigenvalue weighted by molar-refractivity contribution is -0.133. The molecule has 0 aliphatic carbocycles. The summed E-state index contributed by atoms with van der Waals surface area (Å²) in [5, 5.41) is 2.07. The molecule has 0 radical (unpaired) electrons. The van der Waals surface area contributed by atoms with E-state index in [1.165, 1.54) is 10.4 Å². The van der Waals surface area contributed by atoms with E-state index >= 15 is 0 Å². The number of carbonyl (C=O) groups is 1. The average molecular weight is 347 g/mol. The van der Waals surface area contributed by atoms with Crippen LogP contribution in [0.15, 0.2) is 36.0 Å². The van der Waals surface area contributed by atoms with Crippen LogP contribution < -0.4 is 0 Å². The zero-order valence-electron chi connectivity index (χ0n) is 14.6. The first-order valence-electron chi connectivity index (χ1n) is 7.97. The van der Waals surface area contributed by atoms with E-state index in [2.05, 4.69) is 23.4 Å². The number of pyridine rings is 1. The van der Waals surface area contributed by atoms with E-state index in [0.717, 1.165) is 5.56 Å². The van der Waals surface area contributed by atoms with Crippen molar-refractivity contribution in [2.75, 3.05) is 33.9 Å². The molecule has 2 rings (SSSR count). The van der Waals surface area contributed by atoms with Gasteiger partial charge in [-0.2, -0.15) is 0 Å². The van der Waals surface area contributed by atoms with Crippen LogP contribution in [0.25, 0.3) is 0 Å². The molecule has 0 spiro atoms. The van der Waals surface area contributed by atoms with Gasteiger partial charge >= 0.3 is 0 Å². The van der Waals surface area contributed by atoms with Gasteiger partial charge in [0.1, 0.15) is 0 Å². The van der Waals surface area contributed by atoms with Gasteiger partial charge in [0.05, 0.1) is 19.7 Å². The Labute approximate surface area is 147 Å². The summed E-state index contributed by atoms with van der Waals surface area (Å²) in [7, 11) is 3.61. The Morgan fingerprint density at radius 2 is 2.17 bits per heavy atom. The molecule has 0 fully saturated rings. The predicted molar refractivity (Wildman–Crippen MR) is 96.9 cm³/mol. The van der Waals surface area contributed by atoms with Crippen LogP contribution in [-0.2, 0) is 22.6 Å². The summed E-state index contributed by atoms with van der Waals surface area (Å²) >= 11 is 1.69. The van der Waals surface area contributed by atoms with Crippen molar-refractivity contribution in [3.8, 4) is 0 Å². The first-order valence-corrected chi connectivity index (χ1v) is 8.85. The minimum atomic E-state index is 0.117. The third-order valence-electron chi connectivity index (χ3n) is 3.80.